The topological polar surface area (TPSA) is 84.9 Å². The Hall–Kier alpha value is -1.60. The van der Waals surface area contributed by atoms with Gasteiger partial charge in [-0.1, -0.05) is 66.2 Å². The number of nitrogens with one attached hydrogen (secondary N) is 1. The molecule has 0 aromatic carbocycles. The number of carbonyl (C=O) groups is 2. The Morgan fingerprint density at radius 2 is 1.48 bits per heavy atom. The van der Waals surface area contributed by atoms with Crippen LogP contribution in [-0.4, -0.2) is 41.3 Å². The summed E-state index contributed by atoms with van der Waals surface area (Å²) >= 11 is 0. The van der Waals surface area contributed by atoms with Crippen molar-refractivity contribution in [1.29, 1.82) is 0 Å². The highest BCUT2D eigenvalue weighted by Gasteiger charge is 2.69. The van der Waals surface area contributed by atoms with Gasteiger partial charge in [0.1, 0.15) is 6.04 Å². The van der Waals surface area contributed by atoms with E-state index in [0.717, 1.165) is 44.9 Å². The summed E-state index contributed by atoms with van der Waals surface area (Å²) in [4.78, 5) is 25.9. The van der Waals surface area contributed by atoms with Crippen LogP contribution in [0.4, 0.5) is 0 Å². The van der Waals surface area contributed by atoms with Crippen LogP contribution in [0.2, 0.25) is 0 Å². The third kappa shape index (κ3) is 4.55. The van der Waals surface area contributed by atoms with Gasteiger partial charge in [-0.25, -0.2) is 0 Å². The van der Waals surface area contributed by atoms with Gasteiger partial charge in [0, 0.05) is 0 Å². The molecule has 2 N–H and O–H groups in total. The van der Waals surface area contributed by atoms with Crippen molar-refractivity contribution in [2.24, 2.45) is 50.2 Å². The third-order valence-electron chi connectivity index (χ3n) is 16.0. The molecule has 0 radical (unpaired) electrons. The molecule has 4 fully saturated rings. The summed E-state index contributed by atoms with van der Waals surface area (Å²) < 4.78 is 13.3. The molecule has 1 saturated heterocycles. The van der Waals surface area contributed by atoms with Gasteiger partial charge in [0.15, 0.2) is 0 Å². The van der Waals surface area contributed by atoms with Crippen LogP contribution < -0.4 is 5.32 Å². The smallest absolute Gasteiger partial charge is 0.480 e. The molecule has 0 aromatic rings. The predicted molar refractivity (Wildman–Crippen MR) is 184 cm³/mol. The number of fused-ring (bicyclic) bond motifs is 7. The van der Waals surface area contributed by atoms with E-state index in [1.807, 2.05) is 0 Å². The molecule has 6 aliphatic rings. The number of hydrogen-bond acceptors (Lipinski definition) is 4. The molecule has 1 aliphatic heterocycles. The number of hydrogen-bond donors (Lipinski definition) is 2. The zero-order valence-electron chi connectivity index (χ0n) is 31.0. The molecule has 46 heavy (non-hydrogen) atoms. The minimum Gasteiger partial charge on any atom is -0.480 e. The van der Waals surface area contributed by atoms with Crippen molar-refractivity contribution in [2.45, 2.75) is 158 Å². The molecule has 1 heterocycles. The molecule has 3 saturated carbocycles. The second-order valence-electron chi connectivity index (χ2n) is 19.6. The second kappa shape index (κ2) is 10.2. The van der Waals surface area contributed by atoms with Crippen LogP contribution in [0.5, 0.6) is 0 Å². The highest BCUT2D eigenvalue weighted by atomic mass is 16.7. The van der Waals surface area contributed by atoms with E-state index in [2.05, 4.69) is 93.6 Å². The van der Waals surface area contributed by atoms with Crippen molar-refractivity contribution < 1.29 is 24.0 Å². The fourth-order valence-corrected chi connectivity index (χ4v) is 12.1. The lowest BCUT2D eigenvalue weighted by Gasteiger charge is -2.70. The monoisotopic (exact) mass is 635 g/mol. The SMILES string of the molecule is CC(NC(=O)[C@]12CCC(C)(C)C[C@H]1C1=CC[C@@H]3[C@@]4(C)CC=C(B5OC(C)(C)C(C)(C)O5)C(C)(C)C4CC[C@@]3(C)[C@]1(C)CC2)C(=O)O. The number of allylic oxidation sites excluding steroid dienone is 4. The van der Waals surface area contributed by atoms with Crippen LogP contribution in [0.3, 0.4) is 0 Å². The molecule has 6 rings (SSSR count). The second-order valence-corrected chi connectivity index (χ2v) is 19.6. The maximum Gasteiger partial charge on any atom is 0.490 e. The lowest BCUT2D eigenvalue weighted by molar-refractivity contribution is -0.170. The van der Waals surface area contributed by atoms with Gasteiger partial charge in [-0.15, -0.1) is 0 Å². The molecule has 256 valence electrons. The molecular weight excluding hydrogens is 573 g/mol. The van der Waals surface area contributed by atoms with Crippen LogP contribution in [0.1, 0.15) is 141 Å². The van der Waals surface area contributed by atoms with Gasteiger partial charge in [-0.3, -0.25) is 9.59 Å². The van der Waals surface area contributed by atoms with E-state index in [0.29, 0.717) is 11.8 Å². The van der Waals surface area contributed by atoms with Crippen LogP contribution in [0, 0.1) is 50.2 Å². The number of carbonyl (C=O) groups excluding carboxylic acids is 1. The lowest BCUT2D eigenvalue weighted by Crippen LogP contribution is -2.65. The summed E-state index contributed by atoms with van der Waals surface area (Å²) in [5, 5.41) is 12.6. The van der Waals surface area contributed by atoms with Crippen LogP contribution in [0.15, 0.2) is 23.2 Å². The zero-order valence-corrected chi connectivity index (χ0v) is 31.0. The molecule has 6 nitrogen and oxygen atoms in total. The minimum atomic E-state index is -0.971. The van der Waals surface area contributed by atoms with Crippen LogP contribution in [0.25, 0.3) is 0 Å². The van der Waals surface area contributed by atoms with E-state index in [1.54, 1.807) is 6.92 Å². The summed E-state index contributed by atoms with van der Waals surface area (Å²) in [7, 11) is -0.302. The quantitative estimate of drug-likeness (QED) is 0.239. The van der Waals surface area contributed by atoms with Gasteiger partial charge in [-0.05, 0) is 143 Å². The van der Waals surface area contributed by atoms with Crippen molar-refractivity contribution in [3.05, 3.63) is 23.2 Å². The number of aliphatic carboxylic acids is 1. The first-order valence-electron chi connectivity index (χ1n) is 18.3. The van der Waals surface area contributed by atoms with Gasteiger partial charge in [0.25, 0.3) is 0 Å². The Bertz CT molecular complexity index is 1360. The van der Waals surface area contributed by atoms with Crippen molar-refractivity contribution in [2.75, 3.05) is 0 Å². The average molecular weight is 636 g/mol. The summed E-state index contributed by atoms with van der Waals surface area (Å²) in [5.74, 6) is 0.199. The first-order valence-corrected chi connectivity index (χ1v) is 18.3. The number of rotatable bonds is 4. The third-order valence-corrected chi connectivity index (χ3v) is 16.0. The number of carboxylic acids is 1. The number of amides is 1. The Morgan fingerprint density at radius 1 is 0.870 bits per heavy atom. The van der Waals surface area contributed by atoms with E-state index in [-0.39, 0.29) is 57.2 Å². The van der Waals surface area contributed by atoms with Gasteiger partial charge in [-0.2, -0.15) is 0 Å². The standard InChI is InChI=1S/C39H62BNO5/c1-24(30(42)43)41-31(44)39-21-19-32(2,3)23-26(39)25-13-14-28-36(10)17-16-29(40-45-34(6,7)35(8,9)46-40)33(4,5)27(36)15-18-38(28,12)37(25,11)20-22-39/h13,16,24,26-28H,14-15,17-23H2,1-12H3,(H,41,44)(H,42,43)/t24?,26-,27?,28+,36-,37+,38+,39-/m0/s1. The van der Waals surface area contributed by atoms with E-state index in [1.165, 1.54) is 23.9 Å². The van der Waals surface area contributed by atoms with Crippen molar-refractivity contribution in [3.63, 3.8) is 0 Å². The molecule has 2 unspecified atom stereocenters. The maximum atomic E-state index is 14.1. The van der Waals surface area contributed by atoms with Gasteiger partial charge in [0.05, 0.1) is 16.6 Å². The first kappa shape index (κ1) is 34.3. The van der Waals surface area contributed by atoms with Gasteiger partial charge >= 0.3 is 13.1 Å². The average Bonchev–Trinajstić information content (AvgIpc) is 3.14. The summed E-state index contributed by atoms with van der Waals surface area (Å²) in [6.45, 7) is 27.5. The molecular formula is C39H62BNO5. The summed E-state index contributed by atoms with van der Waals surface area (Å²) in [6, 6.07) is -0.881. The van der Waals surface area contributed by atoms with E-state index < -0.39 is 17.4 Å². The van der Waals surface area contributed by atoms with Crippen molar-refractivity contribution in [1.82, 2.24) is 5.32 Å². The normalized spacial score (nSPS) is 43.9. The fraction of sp³-hybridized carbons (Fsp3) is 0.846. The maximum absolute atomic E-state index is 14.1. The first-order chi connectivity index (χ1) is 21.0. The predicted octanol–water partition coefficient (Wildman–Crippen LogP) is 8.55. The highest BCUT2D eigenvalue weighted by molar-refractivity contribution is 6.55. The molecule has 8 atom stereocenters. The molecule has 5 aliphatic carbocycles. The molecule has 1 amide bonds. The summed E-state index contributed by atoms with van der Waals surface area (Å²) in [5.41, 5.74) is 1.96. The molecule has 0 aromatic heterocycles. The van der Waals surface area contributed by atoms with Crippen LogP contribution >= 0.6 is 0 Å². The Labute approximate surface area is 279 Å². The Kier molecular flexibility index (Phi) is 7.61. The van der Waals surface area contributed by atoms with Crippen LogP contribution in [-0.2, 0) is 18.9 Å². The highest BCUT2D eigenvalue weighted by Crippen LogP contribution is 2.76. The van der Waals surface area contributed by atoms with Gasteiger partial charge in [0.2, 0.25) is 5.91 Å². The van der Waals surface area contributed by atoms with E-state index in [9.17, 15) is 14.7 Å². The molecule has 0 spiro atoms. The number of carboxylic acid groups (broad SMARTS) is 1. The van der Waals surface area contributed by atoms with E-state index >= 15 is 0 Å². The fourth-order valence-electron chi connectivity index (χ4n) is 12.1. The minimum absolute atomic E-state index is 0.00400. The molecule has 7 heteroatoms. The molecule has 0 bridgehead atoms. The van der Waals surface area contributed by atoms with E-state index in [4.69, 9.17) is 9.31 Å². The zero-order chi connectivity index (χ0) is 34.1. The Morgan fingerprint density at radius 3 is 2.09 bits per heavy atom. The van der Waals surface area contributed by atoms with Crippen molar-refractivity contribution >= 4 is 19.0 Å². The Balaban J connectivity index is 1.37. The summed E-state index contributed by atoms with van der Waals surface area (Å²) in [6.07, 6.45) is 14.1. The largest absolute Gasteiger partial charge is 0.490 e. The van der Waals surface area contributed by atoms with Gasteiger partial charge < -0.3 is 19.7 Å². The lowest BCUT2D eigenvalue weighted by atomic mass is 9.33. The van der Waals surface area contributed by atoms with Crippen molar-refractivity contribution in [3.8, 4) is 0 Å².